The number of carbonyl (C=O) groups is 1. The second-order valence-corrected chi connectivity index (χ2v) is 10.3. The van der Waals surface area contributed by atoms with Crippen molar-refractivity contribution in [3.8, 4) is 0 Å². The van der Waals surface area contributed by atoms with Crippen molar-refractivity contribution in [2.45, 2.75) is 61.6 Å². The highest BCUT2D eigenvalue weighted by atomic mass is 19.1. The Kier molecular flexibility index (Phi) is 4.27. The summed E-state index contributed by atoms with van der Waals surface area (Å²) < 4.78 is 14.0. The molecule has 158 valence electrons. The van der Waals surface area contributed by atoms with Crippen LogP contribution in [0.4, 0.5) is 9.18 Å². The number of urea groups is 1. The largest absolute Gasteiger partial charge is 0.388 e. The van der Waals surface area contributed by atoms with Gasteiger partial charge in [-0.15, -0.1) is 0 Å². The Morgan fingerprint density at radius 2 is 1.97 bits per heavy atom. The summed E-state index contributed by atoms with van der Waals surface area (Å²) in [5.41, 5.74) is -0.176. The zero-order chi connectivity index (χ0) is 20.4. The molecule has 1 saturated heterocycles. The first kappa shape index (κ1) is 19.3. The van der Waals surface area contributed by atoms with E-state index in [2.05, 4.69) is 23.9 Å². The van der Waals surface area contributed by atoms with Gasteiger partial charge in [-0.05, 0) is 82.7 Å². The molecule has 1 aromatic rings. The lowest BCUT2D eigenvalue weighted by molar-refractivity contribution is -0.0765. The van der Waals surface area contributed by atoms with Gasteiger partial charge in [-0.1, -0.05) is 12.1 Å². The predicted octanol–water partition coefficient (Wildman–Crippen LogP) is 3.18. The molecule has 3 aliphatic carbocycles. The quantitative estimate of drug-likeness (QED) is 0.797. The predicted molar refractivity (Wildman–Crippen MR) is 109 cm³/mol. The summed E-state index contributed by atoms with van der Waals surface area (Å²) in [7, 11) is 4.10. The van der Waals surface area contributed by atoms with Crippen molar-refractivity contribution >= 4 is 6.03 Å². The van der Waals surface area contributed by atoms with E-state index in [4.69, 9.17) is 0 Å². The minimum atomic E-state index is -0.697. The summed E-state index contributed by atoms with van der Waals surface area (Å²) in [5, 5.41) is 10.7. The van der Waals surface area contributed by atoms with Gasteiger partial charge in [0.15, 0.2) is 0 Å². The minimum absolute atomic E-state index is 0.0869. The Labute approximate surface area is 172 Å². The maximum atomic E-state index is 14.0. The van der Waals surface area contributed by atoms with Crippen LogP contribution in [0.15, 0.2) is 24.3 Å². The average molecular weight is 402 g/mol. The van der Waals surface area contributed by atoms with Crippen LogP contribution in [0.25, 0.3) is 0 Å². The fourth-order valence-electron chi connectivity index (χ4n) is 5.83. The highest BCUT2D eigenvalue weighted by Gasteiger charge is 2.65. The van der Waals surface area contributed by atoms with Crippen LogP contribution in [0, 0.1) is 11.7 Å². The van der Waals surface area contributed by atoms with Crippen LogP contribution in [0.2, 0.25) is 0 Å². The van der Waals surface area contributed by atoms with E-state index in [9.17, 15) is 14.3 Å². The van der Waals surface area contributed by atoms with Crippen LogP contribution in [-0.4, -0.2) is 70.7 Å². The number of rotatable bonds is 6. The van der Waals surface area contributed by atoms with E-state index in [1.165, 1.54) is 18.9 Å². The molecule has 5 rings (SSSR count). The highest BCUT2D eigenvalue weighted by Crippen LogP contribution is 2.57. The third kappa shape index (κ3) is 3.07. The summed E-state index contributed by atoms with van der Waals surface area (Å²) in [6, 6.07) is 7.00. The number of aliphatic hydroxyl groups is 1. The van der Waals surface area contributed by atoms with Crippen LogP contribution in [0.1, 0.15) is 50.5 Å². The summed E-state index contributed by atoms with van der Waals surface area (Å²) in [6.07, 6.45) is 6.64. The van der Waals surface area contributed by atoms with Crippen molar-refractivity contribution in [1.29, 1.82) is 0 Å². The first-order valence-corrected chi connectivity index (χ1v) is 11.0. The Balaban J connectivity index is 1.42. The number of β-amino-alcohol motifs (C(OH)–C–C–N with tert-alkyl or cyclic N) is 1. The molecule has 4 fully saturated rings. The van der Waals surface area contributed by atoms with Crippen molar-refractivity contribution < 1.29 is 14.3 Å². The van der Waals surface area contributed by atoms with Gasteiger partial charge in [0.2, 0.25) is 0 Å². The monoisotopic (exact) mass is 401 g/mol. The van der Waals surface area contributed by atoms with E-state index in [1.54, 1.807) is 12.1 Å². The molecule has 29 heavy (non-hydrogen) atoms. The van der Waals surface area contributed by atoms with Gasteiger partial charge in [0, 0.05) is 13.1 Å². The number of nitrogens with zero attached hydrogens (tertiary/aromatic N) is 3. The molecular formula is C23H32FN3O2. The third-order valence-corrected chi connectivity index (χ3v) is 7.93. The normalized spacial score (nSPS) is 33.3. The lowest BCUT2D eigenvalue weighted by Crippen LogP contribution is -2.67. The number of hydrogen-bond donors (Lipinski definition) is 1. The Bertz CT molecular complexity index is 812. The molecule has 0 radical (unpaired) electrons. The average Bonchev–Trinajstić information content (AvgIpc) is 3.39. The second kappa shape index (κ2) is 6.42. The third-order valence-electron chi connectivity index (χ3n) is 7.93. The molecule has 3 saturated carbocycles. The van der Waals surface area contributed by atoms with Crippen LogP contribution < -0.4 is 0 Å². The maximum absolute atomic E-state index is 14.0. The molecule has 1 N–H and O–H groups in total. The number of hydrogen-bond acceptors (Lipinski definition) is 3. The van der Waals surface area contributed by atoms with E-state index in [-0.39, 0.29) is 22.9 Å². The first-order valence-electron chi connectivity index (χ1n) is 11.0. The van der Waals surface area contributed by atoms with Gasteiger partial charge in [0.1, 0.15) is 5.82 Å². The van der Waals surface area contributed by atoms with E-state index in [1.807, 2.05) is 11.0 Å². The van der Waals surface area contributed by atoms with E-state index in [0.717, 1.165) is 44.2 Å². The molecule has 2 amide bonds. The lowest BCUT2D eigenvalue weighted by atomic mass is 9.58. The van der Waals surface area contributed by atoms with Crippen molar-refractivity contribution in [2.75, 3.05) is 33.7 Å². The maximum Gasteiger partial charge on any atom is 0.320 e. The zero-order valence-corrected chi connectivity index (χ0v) is 17.5. The van der Waals surface area contributed by atoms with Gasteiger partial charge < -0.3 is 14.9 Å². The van der Waals surface area contributed by atoms with Crippen molar-refractivity contribution in [2.24, 2.45) is 5.92 Å². The smallest absolute Gasteiger partial charge is 0.320 e. The fourth-order valence-corrected chi connectivity index (χ4v) is 5.83. The number of benzene rings is 1. The molecule has 0 bridgehead atoms. The number of amides is 2. The van der Waals surface area contributed by atoms with Crippen LogP contribution in [-0.2, 0) is 5.54 Å². The van der Waals surface area contributed by atoms with Gasteiger partial charge in [-0.3, -0.25) is 4.90 Å². The van der Waals surface area contributed by atoms with Crippen LogP contribution >= 0.6 is 0 Å². The van der Waals surface area contributed by atoms with Crippen LogP contribution in [0.3, 0.4) is 0 Å². The molecule has 5 nitrogen and oxygen atoms in total. The van der Waals surface area contributed by atoms with Crippen LogP contribution in [0.5, 0.6) is 0 Å². The molecule has 1 heterocycles. The van der Waals surface area contributed by atoms with Gasteiger partial charge >= 0.3 is 6.03 Å². The van der Waals surface area contributed by atoms with Crippen molar-refractivity contribution in [3.63, 3.8) is 0 Å². The summed E-state index contributed by atoms with van der Waals surface area (Å²) in [5.74, 6) is 0.405. The Morgan fingerprint density at radius 3 is 2.52 bits per heavy atom. The summed E-state index contributed by atoms with van der Waals surface area (Å²) in [4.78, 5) is 19.5. The lowest BCUT2D eigenvalue weighted by Gasteiger charge is -2.60. The topological polar surface area (TPSA) is 47.0 Å². The first-order chi connectivity index (χ1) is 13.8. The van der Waals surface area contributed by atoms with Gasteiger partial charge in [0.25, 0.3) is 0 Å². The van der Waals surface area contributed by atoms with Gasteiger partial charge in [-0.25, -0.2) is 9.18 Å². The van der Waals surface area contributed by atoms with Crippen molar-refractivity contribution in [3.05, 3.63) is 35.6 Å². The molecular weight excluding hydrogens is 369 g/mol. The highest BCUT2D eigenvalue weighted by molar-refractivity contribution is 5.79. The summed E-state index contributed by atoms with van der Waals surface area (Å²) in [6.45, 7) is 1.94. The Hall–Kier alpha value is -1.66. The zero-order valence-electron chi connectivity index (χ0n) is 17.5. The van der Waals surface area contributed by atoms with Crippen molar-refractivity contribution in [1.82, 2.24) is 14.7 Å². The molecule has 6 heteroatoms. The van der Waals surface area contributed by atoms with E-state index < -0.39 is 5.60 Å². The molecule has 4 aliphatic rings. The number of carbonyl (C=O) groups excluding carboxylic acids is 1. The molecule has 1 spiro atoms. The van der Waals surface area contributed by atoms with Gasteiger partial charge in [0.05, 0.1) is 23.2 Å². The molecule has 0 unspecified atom stereocenters. The molecule has 0 atom stereocenters. The standard InChI is InChI=1S/C23H32FN3O2/c1-25(2)23(18-5-3-6-19(24)11-18)13-21(14-23)15-26(16-22(29)9-4-10-22)20(28)27(21)12-17-7-8-17/h3,5-6,11,17,29H,4,7-10,12-16H2,1-2H3/t21-,23+. The number of halogens is 1. The molecule has 1 aliphatic heterocycles. The SMILES string of the molecule is CN(C)[C@]1(c2cccc(F)c2)C[C@@]2(CN(CC3(O)CCC3)C(=O)N2CC2CC2)C1. The van der Waals surface area contributed by atoms with E-state index >= 15 is 0 Å². The van der Waals surface area contributed by atoms with Gasteiger partial charge in [-0.2, -0.15) is 0 Å². The minimum Gasteiger partial charge on any atom is -0.388 e. The Morgan fingerprint density at radius 1 is 1.24 bits per heavy atom. The second-order valence-electron chi connectivity index (χ2n) is 10.3. The van der Waals surface area contributed by atoms with E-state index in [0.29, 0.717) is 19.0 Å². The molecule has 1 aromatic carbocycles. The fraction of sp³-hybridized carbons (Fsp3) is 0.696. The molecule has 0 aromatic heterocycles. The summed E-state index contributed by atoms with van der Waals surface area (Å²) >= 11 is 0.